The van der Waals surface area contributed by atoms with E-state index in [1.165, 1.54) is 26.2 Å². The third-order valence-electron chi connectivity index (χ3n) is 7.38. The van der Waals surface area contributed by atoms with Gasteiger partial charge in [-0.05, 0) is 63.8 Å². The first-order valence-corrected chi connectivity index (χ1v) is 14.2. The number of nitrogens with one attached hydrogen (secondary N) is 1. The highest BCUT2D eigenvalue weighted by Crippen LogP contribution is 2.43. The van der Waals surface area contributed by atoms with Gasteiger partial charge in [0.25, 0.3) is 0 Å². The van der Waals surface area contributed by atoms with E-state index in [0.717, 1.165) is 33.6 Å². The molecule has 0 radical (unpaired) electrons. The Labute approximate surface area is 242 Å². The molecular formula is C33H41FN2O5. The minimum absolute atomic E-state index is 0.0875. The number of halogens is 1. The van der Waals surface area contributed by atoms with Crippen molar-refractivity contribution in [2.24, 2.45) is 0 Å². The molecule has 8 heteroatoms. The van der Waals surface area contributed by atoms with Crippen LogP contribution in [-0.2, 0) is 36.8 Å². The molecule has 1 aliphatic heterocycles. The zero-order valence-electron chi connectivity index (χ0n) is 24.8. The second kappa shape index (κ2) is 13.0. The van der Waals surface area contributed by atoms with Crippen LogP contribution in [0.25, 0.3) is 22.3 Å². The highest BCUT2D eigenvalue weighted by molar-refractivity contribution is 5.88. The Morgan fingerprint density at radius 1 is 1.00 bits per heavy atom. The number of nitrogens with zero attached hydrogens (tertiary/aromatic N) is 1. The van der Waals surface area contributed by atoms with Gasteiger partial charge >= 0.3 is 5.97 Å². The largest absolute Gasteiger partial charge is 0.469 e. The first-order valence-electron chi connectivity index (χ1n) is 14.2. The Morgan fingerprint density at radius 2 is 1.61 bits per heavy atom. The lowest BCUT2D eigenvalue weighted by molar-refractivity contribution is -0.300. The van der Waals surface area contributed by atoms with Crippen LogP contribution >= 0.6 is 0 Å². The number of hydrogen-bond acceptors (Lipinski definition) is 5. The summed E-state index contributed by atoms with van der Waals surface area (Å²) in [6.07, 6.45) is 1.63. The summed E-state index contributed by atoms with van der Waals surface area (Å²) in [7, 11) is 1.38. The van der Waals surface area contributed by atoms with Crippen molar-refractivity contribution in [3.63, 3.8) is 0 Å². The highest BCUT2D eigenvalue weighted by atomic mass is 19.1. The zero-order chi connectivity index (χ0) is 29.7. The number of rotatable bonds is 10. The van der Waals surface area contributed by atoms with E-state index < -0.39 is 5.79 Å². The van der Waals surface area contributed by atoms with Crippen molar-refractivity contribution in [3.05, 3.63) is 71.8 Å². The number of carbonyl (C=O) groups excluding carboxylic acids is 2. The van der Waals surface area contributed by atoms with Crippen LogP contribution in [0.15, 0.2) is 54.6 Å². The minimum Gasteiger partial charge on any atom is -0.469 e. The fourth-order valence-electron chi connectivity index (χ4n) is 5.87. The van der Waals surface area contributed by atoms with Crippen LogP contribution in [-0.4, -0.2) is 41.5 Å². The molecule has 2 atom stereocenters. The van der Waals surface area contributed by atoms with Gasteiger partial charge in [0, 0.05) is 41.9 Å². The van der Waals surface area contributed by atoms with Crippen LogP contribution < -0.4 is 5.32 Å². The van der Waals surface area contributed by atoms with Gasteiger partial charge < -0.3 is 24.1 Å². The first-order chi connectivity index (χ1) is 19.5. The van der Waals surface area contributed by atoms with Crippen LogP contribution in [0.3, 0.4) is 0 Å². The first kappa shape index (κ1) is 30.5. The van der Waals surface area contributed by atoms with Crippen molar-refractivity contribution in [2.45, 2.75) is 90.9 Å². The number of benzene rings is 2. The smallest absolute Gasteiger partial charge is 0.308 e. The quantitative estimate of drug-likeness (QED) is 0.281. The molecule has 0 saturated carbocycles. The summed E-state index contributed by atoms with van der Waals surface area (Å²) >= 11 is 0. The summed E-state index contributed by atoms with van der Waals surface area (Å²) < 4.78 is 33.6. The fraction of sp³-hybridized carbons (Fsp3) is 0.455. The van der Waals surface area contributed by atoms with E-state index in [2.05, 4.69) is 35.9 Å². The number of carbonyl (C=O) groups is 2. The predicted octanol–water partition coefficient (Wildman–Crippen LogP) is 6.58. The Bertz CT molecular complexity index is 1350. The van der Waals surface area contributed by atoms with E-state index in [0.29, 0.717) is 25.8 Å². The number of ether oxygens (including phenoxy) is 3. The topological polar surface area (TPSA) is 78.8 Å². The van der Waals surface area contributed by atoms with Crippen LogP contribution in [0.2, 0.25) is 0 Å². The molecule has 41 heavy (non-hydrogen) atoms. The standard InChI is InChI=1S/C33H41FN2O5/c1-21(2)36-28(17-16-26-18-27(19-30(38)39-6)41-33(4,5)40-26)31(24-12-14-25(34)15-13-24)32(23-10-8-7-9-11-23)29(36)20-35-22(3)37/h7-15,21,26-27H,16-20H2,1-6H3,(H,35,37). The van der Waals surface area contributed by atoms with Crippen LogP contribution in [0, 0.1) is 5.82 Å². The summed E-state index contributed by atoms with van der Waals surface area (Å²) in [6, 6.07) is 16.8. The molecule has 3 aromatic rings. The normalized spacial score (nSPS) is 18.3. The summed E-state index contributed by atoms with van der Waals surface area (Å²) in [5.41, 5.74) is 6.04. The van der Waals surface area contributed by atoms with E-state index in [-0.39, 0.29) is 42.4 Å². The summed E-state index contributed by atoms with van der Waals surface area (Å²) in [4.78, 5) is 24.0. The number of aromatic nitrogens is 1. The number of amides is 1. The third-order valence-corrected chi connectivity index (χ3v) is 7.38. The van der Waals surface area contributed by atoms with Gasteiger partial charge in [0.15, 0.2) is 5.79 Å². The van der Waals surface area contributed by atoms with Gasteiger partial charge in [0.2, 0.25) is 5.91 Å². The van der Waals surface area contributed by atoms with Crippen LogP contribution in [0.1, 0.15) is 71.3 Å². The molecule has 0 spiro atoms. The van der Waals surface area contributed by atoms with Gasteiger partial charge in [-0.15, -0.1) is 0 Å². The van der Waals surface area contributed by atoms with Crippen LogP contribution in [0.5, 0.6) is 0 Å². The van der Waals surface area contributed by atoms with Gasteiger partial charge in [0.05, 0.1) is 32.3 Å². The maximum absolute atomic E-state index is 14.1. The van der Waals surface area contributed by atoms with Crippen molar-refractivity contribution in [1.82, 2.24) is 9.88 Å². The Kier molecular flexibility index (Phi) is 9.66. The minimum atomic E-state index is -0.840. The lowest BCUT2D eigenvalue weighted by Crippen LogP contribution is -2.45. The third kappa shape index (κ3) is 7.43. The molecule has 1 aliphatic rings. The number of methoxy groups -OCH3 is 1. The molecule has 7 nitrogen and oxygen atoms in total. The van der Waals surface area contributed by atoms with Gasteiger partial charge in [-0.3, -0.25) is 9.59 Å². The SMILES string of the molecule is COC(=O)CC1CC(CCc2c(-c3ccc(F)cc3)c(-c3ccccc3)c(CNC(C)=O)n2C(C)C)OC(C)(C)O1. The second-order valence-corrected chi connectivity index (χ2v) is 11.3. The molecule has 0 bridgehead atoms. The lowest BCUT2D eigenvalue weighted by Gasteiger charge is -2.40. The lowest BCUT2D eigenvalue weighted by atomic mass is 9.92. The summed E-state index contributed by atoms with van der Waals surface area (Å²) in [5.74, 6) is -1.56. The van der Waals surface area contributed by atoms with Crippen molar-refractivity contribution in [2.75, 3.05) is 7.11 Å². The predicted molar refractivity (Wildman–Crippen MR) is 157 cm³/mol. The second-order valence-electron chi connectivity index (χ2n) is 11.3. The molecule has 2 aromatic carbocycles. The average Bonchev–Trinajstić information content (AvgIpc) is 3.25. The van der Waals surface area contributed by atoms with E-state index in [4.69, 9.17) is 14.2 Å². The van der Waals surface area contributed by atoms with Gasteiger partial charge in [-0.1, -0.05) is 42.5 Å². The Hall–Kier alpha value is -3.49. The highest BCUT2D eigenvalue weighted by Gasteiger charge is 2.37. The summed E-state index contributed by atoms with van der Waals surface area (Å²) in [5, 5.41) is 3.01. The molecule has 1 amide bonds. The number of esters is 1. The van der Waals surface area contributed by atoms with Crippen molar-refractivity contribution < 1.29 is 28.2 Å². The van der Waals surface area contributed by atoms with E-state index in [1.807, 2.05) is 44.2 Å². The maximum Gasteiger partial charge on any atom is 0.308 e. The van der Waals surface area contributed by atoms with Gasteiger partial charge in [-0.2, -0.15) is 0 Å². The van der Waals surface area contributed by atoms with Crippen LogP contribution in [0.4, 0.5) is 4.39 Å². The van der Waals surface area contributed by atoms with Gasteiger partial charge in [0.1, 0.15) is 5.82 Å². The molecule has 4 rings (SSSR count). The van der Waals surface area contributed by atoms with Gasteiger partial charge in [-0.25, -0.2) is 4.39 Å². The average molecular weight is 565 g/mol. The molecular weight excluding hydrogens is 523 g/mol. The van der Waals surface area contributed by atoms with E-state index >= 15 is 0 Å². The molecule has 1 aromatic heterocycles. The molecule has 220 valence electrons. The van der Waals surface area contributed by atoms with E-state index in [1.54, 1.807) is 0 Å². The van der Waals surface area contributed by atoms with Crippen molar-refractivity contribution in [1.29, 1.82) is 0 Å². The molecule has 1 saturated heterocycles. The maximum atomic E-state index is 14.1. The summed E-state index contributed by atoms with van der Waals surface area (Å²) in [6.45, 7) is 9.86. The molecule has 1 fully saturated rings. The Morgan fingerprint density at radius 3 is 2.22 bits per heavy atom. The number of hydrogen-bond donors (Lipinski definition) is 1. The molecule has 1 N–H and O–H groups in total. The van der Waals surface area contributed by atoms with Crippen molar-refractivity contribution >= 4 is 11.9 Å². The fourth-order valence-corrected chi connectivity index (χ4v) is 5.87. The molecule has 0 aliphatic carbocycles. The zero-order valence-corrected chi connectivity index (χ0v) is 24.8. The van der Waals surface area contributed by atoms with E-state index in [9.17, 15) is 14.0 Å². The molecule has 2 unspecified atom stereocenters. The monoisotopic (exact) mass is 564 g/mol. The molecule has 2 heterocycles. The van der Waals surface area contributed by atoms with Crippen molar-refractivity contribution in [3.8, 4) is 22.3 Å². The Balaban J connectivity index is 1.82.